The molecule has 0 bridgehead atoms. The largest absolute Gasteiger partial charge is 0.373 e. The fraction of sp³-hybridized carbons (Fsp3) is 0.167. The molecule has 0 aliphatic heterocycles. The lowest BCUT2D eigenvalue weighted by molar-refractivity contribution is 0.913. The van der Waals surface area contributed by atoms with Crippen LogP contribution in [0.25, 0.3) is 10.9 Å². The van der Waals surface area contributed by atoms with E-state index in [1.807, 2.05) is 36.7 Å². The summed E-state index contributed by atoms with van der Waals surface area (Å²) >= 11 is 6.66. The highest BCUT2D eigenvalue weighted by Gasteiger charge is 2.21. The Hall–Kier alpha value is -2.91. The normalized spacial score (nSPS) is 12.1. The van der Waals surface area contributed by atoms with Crippen LogP contribution in [0.15, 0.2) is 67.1 Å². The van der Waals surface area contributed by atoms with Crippen LogP contribution in [0, 0.1) is 20.8 Å². The highest BCUT2D eigenvalue weighted by molar-refractivity contribution is 6.35. The molecule has 2 aromatic heterocycles. The number of aryl methyl sites for hydroxylation is 3. The van der Waals surface area contributed by atoms with Crippen molar-refractivity contribution >= 4 is 28.2 Å². The standard InChI is InChI=1S/C24H22ClN3/c1-15-8-9-16(2)20(12-15)24(28-18-6-4-10-26-14-18)21-13-22(25)19-7-5-11-27-23(19)17(21)3/h4-14,24,28H,1-3H3. The molecule has 1 unspecified atom stereocenters. The number of nitrogens with zero attached hydrogens (tertiary/aromatic N) is 2. The zero-order valence-corrected chi connectivity index (χ0v) is 17.0. The van der Waals surface area contributed by atoms with E-state index < -0.39 is 0 Å². The number of pyridine rings is 2. The predicted molar refractivity (Wildman–Crippen MR) is 117 cm³/mol. The quantitative estimate of drug-likeness (QED) is 0.439. The van der Waals surface area contributed by atoms with Gasteiger partial charge in [0.2, 0.25) is 0 Å². The van der Waals surface area contributed by atoms with E-state index >= 15 is 0 Å². The van der Waals surface area contributed by atoms with Crippen molar-refractivity contribution in [3.05, 3.63) is 100.0 Å². The molecule has 1 atom stereocenters. The summed E-state index contributed by atoms with van der Waals surface area (Å²) in [7, 11) is 0. The molecule has 2 heterocycles. The monoisotopic (exact) mass is 387 g/mol. The molecule has 0 fully saturated rings. The van der Waals surface area contributed by atoms with Crippen molar-refractivity contribution < 1.29 is 0 Å². The first kappa shape index (κ1) is 18.5. The third kappa shape index (κ3) is 3.46. The van der Waals surface area contributed by atoms with Crippen LogP contribution in [0.2, 0.25) is 5.02 Å². The first-order valence-corrected chi connectivity index (χ1v) is 9.70. The number of aromatic nitrogens is 2. The number of hydrogen-bond acceptors (Lipinski definition) is 3. The second kappa shape index (κ2) is 7.61. The summed E-state index contributed by atoms with van der Waals surface area (Å²) < 4.78 is 0. The number of nitrogens with one attached hydrogen (secondary N) is 1. The van der Waals surface area contributed by atoms with Gasteiger partial charge in [-0.05, 0) is 73.4 Å². The number of benzene rings is 2. The maximum absolute atomic E-state index is 6.66. The van der Waals surface area contributed by atoms with Gasteiger partial charge < -0.3 is 5.32 Å². The van der Waals surface area contributed by atoms with E-state index in [2.05, 4.69) is 60.3 Å². The smallest absolute Gasteiger partial charge is 0.0774 e. The van der Waals surface area contributed by atoms with Crippen molar-refractivity contribution in [2.75, 3.05) is 5.32 Å². The van der Waals surface area contributed by atoms with Crippen molar-refractivity contribution in [2.24, 2.45) is 0 Å². The third-order valence-electron chi connectivity index (χ3n) is 5.16. The molecule has 4 aromatic rings. The minimum Gasteiger partial charge on any atom is -0.373 e. The van der Waals surface area contributed by atoms with Crippen LogP contribution in [-0.2, 0) is 0 Å². The van der Waals surface area contributed by atoms with Gasteiger partial charge in [0.15, 0.2) is 0 Å². The second-order valence-corrected chi connectivity index (χ2v) is 7.56. The Labute approximate surface area is 170 Å². The Morgan fingerprint density at radius 2 is 1.75 bits per heavy atom. The molecule has 1 N–H and O–H groups in total. The average Bonchev–Trinajstić information content (AvgIpc) is 2.72. The van der Waals surface area contributed by atoms with Gasteiger partial charge in [0.25, 0.3) is 0 Å². The third-order valence-corrected chi connectivity index (χ3v) is 5.48. The summed E-state index contributed by atoms with van der Waals surface area (Å²) in [4.78, 5) is 8.85. The van der Waals surface area contributed by atoms with Crippen LogP contribution < -0.4 is 5.32 Å². The molecule has 0 amide bonds. The van der Waals surface area contributed by atoms with Crippen molar-refractivity contribution in [1.82, 2.24) is 9.97 Å². The highest BCUT2D eigenvalue weighted by atomic mass is 35.5. The van der Waals surface area contributed by atoms with Crippen LogP contribution in [0.4, 0.5) is 5.69 Å². The van der Waals surface area contributed by atoms with Gasteiger partial charge in [-0.3, -0.25) is 9.97 Å². The molecule has 0 spiro atoms. The zero-order chi connectivity index (χ0) is 19.7. The minimum absolute atomic E-state index is 0.0620. The van der Waals surface area contributed by atoms with Gasteiger partial charge in [0, 0.05) is 24.0 Å². The van der Waals surface area contributed by atoms with Crippen molar-refractivity contribution in [2.45, 2.75) is 26.8 Å². The molecule has 0 saturated carbocycles. The average molecular weight is 388 g/mol. The molecule has 0 radical (unpaired) electrons. The molecular formula is C24H22ClN3. The Morgan fingerprint density at radius 3 is 2.54 bits per heavy atom. The van der Waals surface area contributed by atoms with Gasteiger partial charge in [0.1, 0.15) is 0 Å². The maximum atomic E-state index is 6.66. The number of fused-ring (bicyclic) bond motifs is 1. The van der Waals surface area contributed by atoms with E-state index in [1.165, 1.54) is 16.7 Å². The summed E-state index contributed by atoms with van der Waals surface area (Å²) in [6, 6.07) is 16.4. The first-order chi connectivity index (χ1) is 13.5. The highest BCUT2D eigenvalue weighted by Crippen LogP contribution is 2.36. The Kier molecular flexibility index (Phi) is 5.01. The molecule has 0 saturated heterocycles. The lowest BCUT2D eigenvalue weighted by Crippen LogP contribution is -2.16. The molecule has 4 heteroatoms. The molecule has 4 rings (SSSR count). The number of hydrogen-bond donors (Lipinski definition) is 1. The molecule has 0 aliphatic carbocycles. The van der Waals surface area contributed by atoms with Gasteiger partial charge in [-0.2, -0.15) is 0 Å². The topological polar surface area (TPSA) is 37.8 Å². The van der Waals surface area contributed by atoms with Crippen molar-refractivity contribution in [3.63, 3.8) is 0 Å². The van der Waals surface area contributed by atoms with E-state index in [1.54, 1.807) is 6.20 Å². The number of anilines is 1. The molecule has 2 aromatic carbocycles. The van der Waals surface area contributed by atoms with Gasteiger partial charge in [-0.25, -0.2) is 0 Å². The Bertz CT molecular complexity index is 1140. The molecule has 28 heavy (non-hydrogen) atoms. The predicted octanol–water partition coefficient (Wildman–Crippen LogP) is 6.41. The molecule has 0 aliphatic rings. The van der Waals surface area contributed by atoms with Gasteiger partial charge in [-0.1, -0.05) is 35.4 Å². The zero-order valence-electron chi connectivity index (χ0n) is 16.2. The minimum atomic E-state index is -0.0620. The van der Waals surface area contributed by atoms with Gasteiger partial charge in [-0.15, -0.1) is 0 Å². The van der Waals surface area contributed by atoms with E-state index in [4.69, 9.17) is 11.6 Å². The summed E-state index contributed by atoms with van der Waals surface area (Å²) in [5.74, 6) is 0. The lowest BCUT2D eigenvalue weighted by atomic mass is 9.89. The Balaban J connectivity index is 1.94. The molecule has 3 nitrogen and oxygen atoms in total. The van der Waals surface area contributed by atoms with E-state index in [9.17, 15) is 0 Å². The van der Waals surface area contributed by atoms with Gasteiger partial charge >= 0.3 is 0 Å². The van der Waals surface area contributed by atoms with Crippen LogP contribution in [0.5, 0.6) is 0 Å². The first-order valence-electron chi connectivity index (χ1n) is 9.32. The maximum Gasteiger partial charge on any atom is 0.0774 e. The van der Waals surface area contributed by atoms with Crippen molar-refractivity contribution in [3.8, 4) is 0 Å². The summed E-state index contributed by atoms with van der Waals surface area (Å²) in [5.41, 5.74) is 7.82. The van der Waals surface area contributed by atoms with E-state index in [-0.39, 0.29) is 6.04 Å². The molecule has 140 valence electrons. The number of halogens is 1. The Morgan fingerprint density at radius 1 is 0.929 bits per heavy atom. The molecular weight excluding hydrogens is 366 g/mol. The lowest BCUT2D eigenvalue weighted by Gasteiger charge is -2.25. The van der Waals surface area contributed by atoms with Crippen LogP contribution in [0.1, 0.15) is 33.9 Å². The van der Waals surface area contributed by atoms with Crippen molar-refractivity contribution in [1.29, 1.82) is 0 Å². The second-order valence-electron chi connectivity index (χ2n) is 7.15. The summed E-state index contributed by atoms with van der Waals surface area (Å²) in [5, 5.41) is 5.36. The number of rotatable bonds is 4. The van der Waals surface area contributed by atoms with Crippen LogP contribution in [0.3, 0.4) is 0 Å². The van der Waals surface area contributed by atoms with E-state index in [0.717, 1.165) is 27.7 Å². The summed E-state index contributed by atoms with van der Waals surface area (Å²) in [6.07, 6.45) is 5.44. The summed E-state index contributed by atoms with van der Waals surface area (Å²) in [6.45, 7) is 6.37. The van der Waals surface area contributed by atoms with Gasteiger partial charge in [0.05, 0.1) is 22.3 Å². The van der Waals surface area contributed by atoms with Crippen LogP contribution >= 0.6 is 11.6 Å². The fourth-order valence-electron chi connectivity index (χ4n) is 3.66. The SMILES string of the molecule is Cc1ccc(C)c(C(Nc2cccnc2)c2cc(Cl)c3cccnc3c2C)c1. The van der Waals surface area contributed by atoms with E-state index in [0.29, 0.717) is 5.02 Å². The fourth-order valence-corrected chi connectivity index (χ4v) is 3.93. The van der Waals surface area contributed by atoms with Crippen LogP contribution in [-0.4, -0.2) is 9.97 Å².